The van der Waals surface area contributed by atoms with E-state index in [2.05, 4.69) is 26.2 Å². The molecule has 0 spiro atoms. The summed E-state index contributed by atoms with van der Waals surface area (Å²) in [6, 6.07) is 9.96. The first-order chi connectivity index (χ1) is 8.20. The molecule has 1 aromatic carbocycles. The molecular weight excluding hydrogens is 300 g/mol. The average molecular weight is 312 g/mol. The summed E-state index contributed by atoms with van der Waals surface area (Å²) in [6.45, 7) is 2.01. The van der Waals surface area contributed by atoms with Crippen LogP contribution in [0.25, 0.3) is 0 Å². The molecule has 2 aromatic rings. The topological polar surface area (TPSA) is 24.9 Å². The van der Waals surface area contributed by atoms with Gasteiger partial charge < -0.3 is 5.32 Å². The number of hydrogen-bond acceptors (Lipinski definition) is 2. The zero-order valence-corrected chi connectivity index (χ0v) is 11.7. The summed E-state index contributed by atoms with van der Waals surface area (Å²) in [7, 11) is 0. The quantitative estimate of drug-likeness (QED) is 0.836. The minimum Gasteiger partial charge on any atom is -0.339 e. The highest BCUT2D eigenvalue weighted by Crippen LogP contribution is 2.26. The number of benzene rings is 1. The van der Waals surface area contributed by atoms with E-state index in [1.807, 2.05) is 43.5 Å². The van der Waals surface area contributed by atoms with Crippen LogP contribution in [0.2, 0.25) is 0 Å². The number of pyridine rings is 1. The van der Waals surface area contributed by atoms with Gasteiger partial charge in [-0.15, -0.1) is 11.6 Å². The van der Waals surface area contributed by atoms with E-state index in [-0.39, 0.29) is 0 Å². The van der Waals surface area contributed by atoms with E-state index in [1.54, 1.807) is 0 Å². The molecule has 17 heavy (non-hydrogen) atoms. The van der Waals surface area contributed by atoms with Crippen LogP contribution in [-0.2, 0) is 5.88 Å². The molecule has 0 amide bonds. The Labute approximate surface area is 114 Å². The number of aromatic nitrogens is 1. The SMILES string of the molecule is Cc1cnc(Nc2ccccc2CCl)c(Br)c1. The van der Waals surface area contributed by atoms with Gasteiger partial charge in [0.25, 0.3) is 0 Å². The highest BCUT2D eigenvalue weighted by Gasteiger charge is 2.05. The molecule has 1 heterocycles. The number of nitrogens with one attached hydrogen (secondary N) is 1. The zero-order chi connectivity index (χ0) is 12.3. The Morgan fingerprint density at radius 1 is 1.35 bits per heavy atom. The molecule has 0 aliphatic carbocycles. The number of aryl methyl sites for hydroxylation is 1. The molecule has 0 atom stereocenters. The van der Waals surface area contributed by atoms with E-state index < -0.39 is 0 Å². The van der Waals surface area contributed by atoms with Crippen LogP contribution in [0.15, 0.2) is 41.0 Å². The normalized spacial score (nSPS) is 10.3. The Bertz CT molecular complexity index is 529. The standard InChI is InChI=1S/C13H12BrClN2/c1-9-6-11(14)13(16-8-9)17-12-5-3-2-4-10(12)7-15/h2-6,8H,7H2,1H3,(H,16,17). The first kappa shape index (κ1) is 12.4. The van der Waals surface area contributed by atoms with Crippen LogP contribution < -0.4 is 5.32 Å². The third-order valence-corrected chi connectivity index (χ3v) is 3.28. The van der Waals surface area contributed by atoms with E-state index in [9.17, 15) is 0 Å². The first-order valence-electron chi connectivity index (χ1n) is 5.23. The van der Waals surface area contributed by atoms with Crippen molar-refractivity contribution in [1.29, 1.82) is 0 Å². The predicted octanol–water partition coefficient (Wildman–Crippen LogP) is 4.63. The van der Waals surface area contributed by atoms with Crippen LogP contribution in [0, 0.1) is 6.92 Å². The Morgan fingerprint density at radius 3 is 2.82 bits per heavy atom. The first-order valence-corrected chi connectivity index (χ1v) is 6.56. The fourth-order valence-corrected chi connectivity index (χ4v) is 2.31. The molecule has 0 aliphatic rings. The van der Waals surface area contributed by atoms with Crippen LogP contribution in [-0.4, -0.2) is 4.98 Å². The van der Waals surface area contributed by atoms with Crippen LogP contribution in [0.3, 0.4) is 0 Å². The number of rotatable bonds is 3. The summed E-state index contributed by atoms with van der Waals surface area (Å²) in [5.41, 5.74) is 3.16. The maximum absolute atomic E-state index is 5.89. The second-order valence-electron chi connectivity index (χ2n) is 3.76. The van der Waals surface area contributed by atoms with Crippen LogP contribution in [0.4, 0.5) is 11.5 Å². The van der Waals surface area contributed by atoms with Crippen LogP contribution in [0.5, 0.6) is 0 Å². The number of alkyl halides is 1. The van der Waals surface area contributed by atoms with Gasteiger partial charge in [-0.3, -0.25) is 0 Å². The van der Waals surface area contributed by atoms with Gasteiger partial charge in [0.2, 0.25) is 0 Å². The second kappa shape index (κ2) is 5.52. The minimum absolute atomic E-state index is 0.479. The summed E-state index contributed by atoms with van der Waals surface area (Å²) in [5, 5.41) is 3.28. The fraction of sp³-hybridized carbons (Fsp3) is 0.154. The smallest absolute Gasteiger partial charge is 0.144 e. The summed E-state index contributed by atoms with van der Waals surface area (Å²) >= 11 is 9.38. The largest absolute Gasteiger partial charge is 0.339 e. The van der Waals surface area contributed by atoms with Crippen molar-refractivity contribution in [3.8, 4) is 0 Å². The summed E-state index contributed by atoms with van der Waals surface area (Å²) in [4.78, 5) is 4.35. The van der Waals surface area contributed by atoms with Gasteiger partial charge in [-0.25, -0.2) is 4.98 Å². The average Bonchev–Trinajstić information content (AvgIpc) is 2.33. The van der Waals surface area contributed by atoms with Crippen molar-refractivity contribution in [2.75, 3.05) is 5.32 Å². The molecule has 2 nitrogen and oxygen atoms in total. The maximum Gasteiger partial charge on any atom is 0.144 e. The van der Waals surface area contributed by atoms with Crippen molar-refractivity contribution in [2.24, 2.45) is 0 Å². The minimum atomic E-state index is 0.479. The van der Waals surface area contributed by atoms with E-state index in [4.69, 9.17) is 11.6 Å². The molecule has 0 fully saturated rings. The van der Waals surface area contributed by atoms with Crippen molar-refractivity contribution < 1.29 is 0 Å². The van der Waals surface area contributed by atoms with Crippen molar-refractivity contribution >= 4 is 39.0 Å². The number of anilines is 2. The molecule has 4 heteroatoms. The Morgan fingerprint density at radius 2 is 2.12 bits per heavy atom. The van der Waals surface area contributed by atoms with Crippen molar-refractivity contribution in [1.82, 2.24) is 4.98 Å². The van der Waals surface area contributed by atoms with Gasteiger partial charge >= 0.3 is 0 Å². The number of halogens is 2. The maximum atomic E-state index is 5.89. The molecular formula is C13H12BrClN2. The monoisotopic (exact) mass is 310 g/mol. The highest BCUT2D eigenvalue weighted by molar-refractivity contribution is 9.10. The van der Waals surface area contributed by atoms with Crippen molar-refractivity contribution in [2.45, 2.75) is 12.8 Å². The Balaban J connectivity index is 2.31. The van der Waals surface area contributed by atoms with E-state index in [1.165, 1.54) is 0 Å². The zero-order valence-electron chi connectivity index (χ0n) is 9.37. The van der Waals surface area contributed by atoms with Gasteiger partial charge in [-0.05, 0) is 46.1 Å². The number of nitrogens with zero attached hydrogens (tertiary/aromatic N) is 1. The third-order valence-electron chi connectivity index (χ3n) is 2.39. The lowest BCUT2D eigenvalue weighted by molar-refractivity contribution is 1.23. The second-order valence-corrected chi connectivity index (χ2v) is 4.88. The predicted molar refractivity (Wildman–Crippen MR) is 76.0 cm³/mol. The van der Waals surface area contributed by atoms with Crippen molar-refractivity contribution in [3.63, 3.8) is 0 Å². The van der Waals surface area contributed by atoms with Crippen LogP contribution in [0.1, 0.15) is 11.1 Å². The Hall–Kier alpha value is -1.06. The summed E-state index contributed by atoms with van der Waals surface area (Å²) in [5.74, 6) is 1.28. The molecule has 1 aromatic heterocycles. The molecule has 0 bridgehead atoms. The summed E-state index contributed by atoms with van der Waals surface area (Å²) in [6.07, 6.45) is 1.83. The van der Waals surface area contributed by atoms with Gasteiger partial charge in [-0.2, -0.15) is 0 Å². The van der Waals surface area contributed by atoms with E-state index >= 15 is 0 Å². The van der Waals surface area contributed by atoms with E-state index in [0.717, 1.165) is 27.1 Å². The molecule has 0 saturated heterocycles. The molecule has 0 radical (unpaired) electrons. The van der Waals surface area contributed by atoms with Gasteiger partial charge in [0.1, 0.15) is 5.82 Å². The third kappa shape index (κ3) is 2.99. The fourth-order valence-electron chi connectivity index (χ4n) is 1.51. The Kier molecular flexibility index (Phi) is 4.02. The number of hydrogen-bond donors (Lipinski definition) is 1. The molecule has 0 saturated carbocycles. The molecule has 0 aliphatic heterocycles. The molecule has 2 rings (SSSR count). The molecule has 1 N–H and O–H groups in total. The molecule has 88 valence electrons. The highest BCUT2D eigenvalue weighted by atomic mass is 79.9. The van der Waals surface area contributed by atoms with Crippen molar-refractivity contribution in [3.05, 3.63) is 52.1 Å². The van der Waals surface area contributed by atoms with Gasteiger partial charge in [0.15, 0.2) is 0 Å². The number of para-hydroxylation sites is 1. The lowest BCUT2D eigenvalue weighted by Gasteiger charge is -2.11. The van der Waals surface area contributed by atoms with Gasteiger partial charge in [0, 0.05) is 17.8 Å². The van der Waals surface area contributed by atoms with Crippen LogP contribution >= 0.6 is 27.5 Å². The lowest BCUT2D eigenvalue weighted by Crippen LogP contribution is -1.97. The molecule has 0 unspecified atom stereocenters. The van der Waals surface area contributed by atoms with Gasteiger partial charge in [-0.1, -0.05) is 18.2 Å². The van der Waals surface area contributed by atoms with E-state index in [0.29, 0.717) is 5.88 Å². The summed E-state index contributed by atoms with van der Waals surface area (Å²) < 4.78 is 0.946. The lowest BCUT2D eigenvalue weighted by atomic mass is 10.2. The van der Waals surface area contributed by atoms with Gasteiger partial charge in [0.05, 0.1) is 4.47 Å².